The highest BCUT2D eigenvalue weighted by molar-refractivity contribution is 5.94. The second kappa shape index (κ2) is 3.60. The molecular weight excluding hydrogens is 230 g/mol. The molecule has 1 amide bonds. The second-order valence-corrected chi connectivity index (χ2v) is 5.66. The van der Waals surface area contributed by atoms with E-state index >= 15 is 0 Å². The third-order valence-corrected chi connectivity index (χ3v) is 4.83. The normalized spacial score (nSPS) is 24.3. The topological polar surface area (TPSA) is 42.7 Å². The molecule has 1 aromatic rings. The van der Waals surface area contributed by atoms with Gasteiger partial charge in [0.1, 0.15) is 0 Å². The number of hydrogen-bond donors (Lipinski definition) is 0. The maximum absolute atomic E-state index is 12.6. The molecule has 0 unspecified atom stereocenters. The Morgan fingerprint density at radius 1 is 1.33 bits per heavy atom. The summed E-state index contributed by atoms with van der Waals surface area (Å²) in [7, 11) is 0. The van der Waals surface area contributed by atoms with Gasteiger partial charge in [-0.05, 0) is 25.7 Å². The number of rotatable bonds is 1. The van der Waals surface area contributed by atoms with E-state index in [1.165, 1.54) is 25.7 Å². The number of carbonyl (C=O) groups is 1. The lowest BCUT2D eigenvalue weighted by atomic mass is 9.67. The summed E-state index contributed by atoms with van der Waals surface area (Å²) < 4.78 is 10.9. The summed E-state index contributed by atoms with van der Waals surface area (Å²) in [6.07, 6.45) is 7.26. The highest BCUT2D eigenvalue weighted by Crippen LogP contribution is 2.47. The van der Waals surface area contributed by atoms with Crippen LogP contribution in [0.1, 0.15) is 47.4 Å². The molecule has 0 radical (unpaired) electrons. The van der Waals surface area contributed by atoms with Gasteiger partial charge in [0, 0.05) is 29.6 Å². The highest BCUT2D eigenvalue weighted by atomic mass is 16.5. The van der Waals surface area contributed by atoms with Gasteiger partial charge in [-0.2, -0.15) is 0 Å². The molecule has 4 nitrogen and oxygen atoms in total. The maximum Gasteiger partial charge on any atom is 0.290 e. The summed E-state index contributed by atoms with van der Waals surface area (Å²) in [4.78, 5) is 14.6. The lowest BCUT2D eigenvalue weighted by Crippen LogP contribution is -2.65. The first kappa shape index (κ1) is 10.6. The van der Waals surface area contributed by atoms with Crippen molar-refractivity contribution in [3.05, 3.63) is 23.2 Å². The quantitative estimate of drug-likeness (QED) is 0.763. The van der Waals surface area contributed by atoms with E-state index in [0.29, 0.717) is 19.0 Å². The zero-order chi connectivity index (χ0) is 12.2. The summed E-state index contributed by atoms with van der Waals surface area (Å²) in [5, 5.41) is 0. The third kappa shape index (κ3) is 1.27. The first-order valence-electron chi connectivity index (χ1n) is 6.79. The zero-order valence-electron chi connectivity index (χ0n) is 10.4. The van der Waals surface area contributed by atoms with Crippen LogP contribution in [-0.4, -0.2) is 29.5 Å². The predicted octanol–water partition coefficient (Wildman–Crippen LogP) is 2.12. The second-order valence-electron chi connectivity index (χ2n) is 5.66. The van der Waals surface area contributed by atoms with E-state index in [0.717, 1.165) is 24.1 Å². The van der Waals surface area contributed by atoms with Gasteiger partial charge in [0.2, 0.25) is 0 Å². The van der Waals surface area contributed by atoms with Gasteiger partial charge in [0.15, 0.2) is 5.76 Å². The Balaban J connectivity index is 1.63. The summed E-state index contributed by atoms with van der Waals surface area (Å²) in [5.41, 5.74) is 2.32. The van der Waals surface area contributed by atoms with Crippen molar-refractivity contribution in [1.82, 2.24) is 4.90 Å². The molecule has 1 saturated heterocycles. The monoisotopic (exact) mass is 247 g/mol. The molecule has 18 heavy (non-hydrogen) atoms. The number of nitrogens with zero attached hydrogens (tertiary/aromatic N) is 1. The van der Waals surface area contributed by atoms with Gasteiger partial charge in [0.05, 0.1) is 19.5 Å². The van der Waals surface area contributed by atoms with E-state index in [2.05, 4.69) is 0 Å². The minimum absolute atomic E-state index is 0.101. The Bertz CT molecular complexity index is 496. The molecule has 2 aliphatic heterocycles. The molecule has 3 aliphatic rings. The van der Waals surface area contributed by atoms with Crippen LogP contribution >= 0.6 is 0 Å². The van der Waals surface area contributed by atoms with Crippen molar-refractivity contribution in [2.75, 3.05) is 13.2 Å². The molecule has 4 rings (SSSR count). The molecule has 4 heteroatoms. The maximum atomic E-state index is 12.6. The molecule has 1 aromatic heterocycles. The fourth-order valence-corrected chi connectivity index (χ4v) is 3.43. The summed E-state index contributed by atoms with van der Waals surface area (Å²) in [6, 6.07) is 0. The van der Waals surface area contributed by atoms with E-state index in [9.17, 15) is 4.79 Å². The first-order chi connectivity index (χ1) is 8.80. The van der Waals surface area contributed by atoms with Crippen LogP contribution in [0, 0.1) is 0 Å². The van der Waals surface area contributed by atoms with Crippen LogP contribution in [-0.2, 0) is 17.8 Å². The lowest BCUT2D eigenvalue weighted by molar-refractivity contribution is -0.0505. The molecule has 3 heterocycles. The summed E-state index contributed by atoms with van der Waals surface area (Å²) in [5.74, 6) is 0.670. The van der Waals surface area contributed by atoms with Crippen LogP contribution in [0.3, 0.4) is 0 Å². The Morgan fingerprint density at radius 3 is 2.89 bits per heavy atom. The number of carbonyl (C=O) groups excluding carboxylic acids is 1. The number of likely N-dealkylation sites (tertiary alicyclic amines) is 1. The predicted molar refractivity (Wildman–Crippen MR) is 64.3 cm³/mol. The van der Waals surface area contributed by atoms with Crippen molar-refractivity contribution >= 4 is 5.91 Å². The number of amides is 1. The van der Waals surface area contributed by atoms with Gasteiger partial charge >= 0.3 is 0 Å². The molecule has 1 saturated carbocycles. The standard InChI is InChI=1S/C14H17NO3/c16-13(15-6-5-14(15)3-1-4-14)12-11-2-7-17-8-10(11)9-18-12/h9H,1-8H2. The largest absolute Gasteiger partial charge is 0.458 e. The van der Waals surface area contributed by atoms with Gasteiger partial charge in [-0.3, -0.25) is 4.79 Å². The Hall–Kier alpha value is -1.29. The van der Waals surface area contributed by atoms with Crippen LogP contribution in [0.4, 0.5) is 0 Å². The van der Waals surface area contributed by atoms with Crippen molar-refractivity contribution in [3.8, 4) is 0 Å². The van der Waals surface area contributed by atoms with Crippen LogP contribution in [0.5, 0.6) is 0 Å². The van der Waals surface area contributed by atoms with Gasteiger partial charge in [-0.1, -0.05) is 0 Å². The molecule has 0 atom stereocenters. The number of ether oxygens (including phenoxy) is 1. The Labute approximate surface area is 106 Å². The SMILES string of the molecule is O=C(c1occ2c1CCOC2)N1CCC12CCC2. The Kier molecular flexibility index (Phi) is 2.13. The van der Waals surface area contributed by atoms with Crippen molar-refractivity contribution < 1.29 is 13.9 Å². The fourth-order valence-electron chi connectivity index (χ4n) is 3.43. The third-order valence-electron chi connectivity index (χ3n) is 4.83. The molecule has 0 bridgehead atoms. The summed E-state index contributed by atoms with van der Waals surface area (Å²) >= 11 is 0. The average molecular weight is 247 g/mol. The van der Waals surface area contributed by atoms with Crippen molar-refractivity contribution in [2.24, 2.45) is 0 Å². The zero-order valence-corrected chi connectivity index (χ0v) is 10.4. The molecule has 0 aromatic carbocycles. The number of hydrogen-bond acceptors (Lipinski definition) is 3. The number of fused-ring (bicyclic) bond motifs is 1. The van der Waals surface area contributed by atoms with E-state index in [-0.39, 0.29) is 11.4 Å². The van der Waals surface area contributed by atoms with Gasteiger partial charge in [0.25, 0.3) is 5.91 Å². The molecule has 1 aliphatic carbocycles. The minimum atomic E-state index is 0.101. The van der Waals surface area contributed by atoms with E-state index < -0.39 is 0 Å². The Morgan fingerprint density at radius 2 is 2.22 bits per heavy atom. The van der Waals surface area contributed by atoms with Crippen LogP contribution < -0.4 is 0 Å². The van der Waals surface area contributed by atoms with Gasteiger partial charge in [-0.15, -0.1) is 0 Å². The molecule has 1 spiro atoms. The van der Waals surface area contributed by atoms with Crippen LogP contribution in [0.2, 0.25) is 0 Å². The van der Waals surface area contributed by atoms with E-state index in [1.54, 1.807) is 6.26 Å². The molecular formula is C14H17NO3. The van der Waals surface area contributed by atoms with Gasteiger partial charge < -0.3 is 14.1 Å². The van der Waals surface area contributed by atoms with Crippen LogP contribution in [0.15, 0.2) is 10.7 Å². The van der Waals surface area contributed by atoms with E-state index in [4.69, 9.17) is 9.15 Å². The first-order valence-corrected chi connectivity index (χ1v) is 6.79. The average Bonchev–Trinajstić information content (AvgIpc) is 2.69. The number of furan rings is 1. The molecule has 2 fully saturated rings. The van der Waals surface area contributed by atoms with Crippen molar-refractivity contribution in [1.29, 1.82) is 0 Å². The van der Waals surface area contributed by atoms with E-state index in [1.807, 2.05) is 4.90 Å². The summed E-state index contributed by atoms with van der Waals surface area (Å²) in [6.45, 7) is 2.17. The molecule has 96 valence electrons. The van der Waals surface area contributed by atoms with Gasteiger partial charge in [-0.25, -0.2) is 0 Å². The minimum Gasteiger partial charge on any atom is -0.458 e. The van der Waals surface area contributed by atoms with Crippen LogP contribution in [0.25, 0.3) is 0 Å². The van der Waals surface area contributed by atoms with Crippen molar-refractivity contribution in [3.63, 3.8) is 0 Å². The lowest BCUT2D eigenvalue weighted by Gasteiger charge is -2.58. The fraction of sp³-hybridized carbons (Fsp3) is 0.643. The molecule has 0 N–H and O–H groups in total. The highest BCUT2D eigenvalue weighted by Gasteiger charge is 2.52. The smallest absolute Gasteiger partial charge is 0.290 e. The van der Waals surface area contributed by atoms with Crippen molar-refractivity contribution in [2.45, 2.75) is 44.2 Å².